The summed E-state index contributed by atoms with van der Waals surface area (Å²) in [6.45, 7) is 5.95. The van der Waals surface area contributed by atoms with Gasteiger partial charge in [0.1, 0.15) is 6.17 Å². The number of nitrogens with one attached hydrogen (secondary N) is 2. The average molecular weight is 511 g/mol. The van der Waals surface area contributed by atoms with E-state index in [1.54, 1.807) is 0 Å². The summed E-state index contributed by atoms with van der Waals surface area (Å²) in [4.78, 5) is 30.5. The summed E-state index contributed by atoms with van der Waals surface area (Å²) in [5.41, 5.74) is 4.54. The lowest BCUT2D eigenvalue weighted by molar-refractivity contribution is 0.0659. The van der Waals surface area contributed by atoms with Gasteiger partial charge in [-0.05, 0) is 81.6 Å². The highest BCUT2D eigenvalue weighted by molar-refractivity contribution is 6.00. The van der Waals surface area contributed by atoms with Gasteiger partial charge < -0.3 is 20.4 Å². The van der Waals surface area contributed by atoms with Crippen LogP contribution < -0.4 is 10.6 Å². The van der Waals surface area contributed by atoms with Gasteiger partial charge in [0.15, 0.2) is 0 Å². The molecule has 2 N–H and O–H groups in total. The summed E-state index contributed by atoms with van der Waals surface area (Å²) >= 11 is 0. The largest absolute Gasteiger partial charge is 0.361 e. The van der Waals surface area contributed by atoms with E-state index in [2.05, 4.69) is 46.7 Å². The number of benzene rings is 3. The zero-order chi connectivity index (χ0) is 26.3. The van der Waals surface area contributed by atoms with Crippen LogP contribution in [0.1, 0.15) is 70.6 Å². The maximum atomic E-state index is 13.4. The number of rotatable bonds is 10. The first kappa shape index (κ1) is 26.0. The molecular weight excluding hydrogens is 472 g/mol. The number of fused-ring (bicyclic) bond motifs is 1. The number of piperidine rings is 1. The van der Waals surface area contributed by atoms with Crippen molar-refractivity contribution in [2.45, 2.75) is 51.2 Å². The van der Waals surface area contributed by atoms with E-state index in [0.717, 1.165) is 49.3 Å². The molecule has 2 heterocycles. The minimum absolute atomic E-state index is 0.0499. The summed E-state index contributed by atoms with van der Waals surface area (Å²) < 4.78 is 0. The van der Waals surface area contributed by atoms with E-state index in [4.69, 9.17) is 0 Å². The SMILES string of the molecule is CC(CCc1ccccc1)N1C(=O)c2ccccc2C1Nc1ccc(C(=O)NCCN2CCCCC2)cc1. The molecule has 0 radical (unpaired) electrons. The topological polar surface area (TPSA) is 64.7 Å². The van der Waals surface area contributed by atoms with Crippen LogP contribution in [-0.4, -0.2) is 53.8 Å². The van der Waals surface area contributed by atoms with Crippen molar-refractivity contribution in [3.8, 4) is 0 Å². The van der Waals surface area contributed by atoms with Crippen molar-refractivity contribution >= 4 is 17.5 Å². The van der Waals surface area contributed by atoms with Crippen molar-refractivity contribution in [1.29, 1.82) is 0 Å². The number of likely N-dealkylation sites (tertiary alicyclic amines) is 1. The number of amides is 2. The first-order chi connectivity index (χ1) is 18.6. The third kappa shape index (κ3) is 6.08. The molecule has 2 unspecified atom stereocenters. The van der Waals surface area contributed by atoms with Crippen molar-refractivity contribution in [1.82, 2.24) is 15.1 Å². The Morgan fingerprint density at radius 1 is 0.921 bits per heavy atom. The molecule has 3 aromatic carbocycles. The number of carbonyl (C=O) groups is 2. The van der Waals surface area contributed by atoms with E-state index in [0.29, 0.717) is 12.1 Å². The van der Waals surface area contributed by atoms with Gasteiger partial charge in [0.05, 0.1) is 0 Å². The lowest BCUT2D eigenvalue weighted by Gasteiger charge is -2.32. The van der Waals surface area contributed by atoms with E-state index in [9.17, 15) is 9.59 Å². The molecule has 3 aromatic rings. The molecule has 0 saturated carbocycles. The second-order valence-electron chi connectivity index (χ2n) is 10.5. The van der Waals surface area contributed by atoms with Crippen molar-refractivity contribution < 1.29 is 9.59 Å². The van der Waals surface area contributed by atoms with Crippen LogP contribution in [0.5, 0.6) is 0 Å². The fourth-order valence-electron chi connectivity index (χ4n) is 5.59. The molecule has 2 atom stereocenters. The van der Waals surface area contributed by atoms with Crippen molar-refractivity contribution in [2.24, 2.45) is 0 Å². The van der Waals surface area contributed by atoms with E-state index in [1.165, 1.54) is 24.8 Å². The molecule has 6 heteroatoms. The highest BCUT2D eigenvalue weighted by atomic mass is 16.2. The Kier molecular flexibility index (Phi) is 8.39. The second kappa shape index (κ2) is 12.3. The van der Waals surface area contributed by atoms with Crippen LogP contribution in [0.3, 0.4) is 0 Å². The first-order valence-corrected chi connectivity index (χ1v) is 13.9. The van der Waals surface area contributed by atoms with E-state index in [-0.39, 0.29) is 24.0 Å². The van der Waals surface area contributed by atoms with E-state index >= 15 is 0 Å². The molecule has 0 aliphatic carbocycles. The lowest BCUT2D eigenvalue weighted by Crippen LogP contribution is -2.39. The molecular formula is C32H38N4O2. The van der Waals surface area contributed by atoms with Gasteiger partial charge in [0.25, 0.3) is 11.8 Å². The zero-order valence-corrected chi connectivity index (χ0v) is 22.2. The normalized spacial score (nSPS) is 18.2. The Labute approximate surface area is 226 Å². The molecule has 0 aromatic heterocycles. The van der Waals surface area contributed by atoms with Gasteiger partial charge in [0, 0.05) is 41.5 Å². The minimum atomic E-state index is -0.256. The summed E-state index contributed by atoms with van der Waals surface area (Å²) in [5, 5.41) is 6.63. The van der Waals surface area contributed by atoms with Gasteiger partial charge in [-0.3, -0.25) is 9.59 Å². The van der Waals surface area contributed by atoms with E-state index in [1.807, 2.05) is 59.5 Å². The summed E-state index contributed by atoms with van der Waals surface area (Å²) in [6, 6.07) is 25.9. The number of aryl methyl sites for hydroxylation is 1. The molecule has 1 fully saturated rings. The van der Waals surface area contributed by atoms with Gasteiger partial charge in [-0.1, -0.05) is 55.0 Å². The second-order valence-corrected chi connectivity index (χ2v) is 10.5. The highest BCUT2D eigenvalue weighted by Crippen LogP contribution is 2.36. The van der Waals surface area contributed by atoms with Crippen LogP contribution in [0.2, 0.25) is 0 Å². The Balaban J connectivity index is 1.23. The predicted molar refractivity (Wildman–Crippen MR) is 152 cm³/mol. The molecule has 2 amide bonds. The Hall–Kier alpha value is -3.64. The van der Waals surface area contributed by atoms with Gasteiger partial charge in [0.2, 0.25) is 0 Å². The number of hydrogen-bond donors (Lipinski definition) is 2. The smallest absolute Gasteiger partial charge is 0.256 e. The molecule has 38 heavy (non-hydrogen) atoms. The zero-order valence-electron chi connectivity index (χ0n) is 22.2. The summed E-state index contributed by atoms with van der Waals surface area (Å²) in [5.74, 6) is 0.00877. The standard InChI is InChI=1S/C32H38N4O2/c1-24(14-15-25-10-4-2-5-11-25)36-30(28-12-6-7-13-29(28)32(36)38)34-27-18-16-26(17-19-27)31(37)33-20-23-35-21-8-3-9-22-35/h2,4-7,10-13,16-19,24,30,34H,3,8-9,14-15,20-23H2,1H3,(H,33,37). The van der Waals surface area contributed by atoms with Crippen LogP contribution in [0.25, 0.3) is 0 Å². The van der Waals surface area contributed by atoms with Gasteiger partial charge in [-0.25, -0.2) is 0 Å². The fraction of sp³-hybridized carbons (Fsp3) is 0.375. The highest BCUT2D eigenvalue weighted by Gasteiger charge is 2.39. The predicted octanol–water partition coefficient (Wildman–Crippen LogP) is 5.49. The van der Waals surface area contributed by atoms with Crippen molar-refractivity contribution in [3.05, 3.63) is 101 Å². The van der Waals surface area contributed by atoms with Crippen molar-refractivity contribution in [2.75, 3.05) is 31.5 Å². The summed E-state index contributed by atoms with van der Waals surface area (Å²) in [7, 11) is 0. The molecule has 6 nitrogen and oxygen atoms in total. The maximum Gasteiger partial charge on any atom is 0.256 e. The maximum absolute atomic E-state index is 13.4. The fourth-order valence-corrected chi connectivity index (χ4v) is 5.59. The Morgan fingerprint density at radius 2 is 1.63 bits per heavy atom. The molecule has 1 saturated heterocycles. The van der Waals surface area contributed by atoms with Gasteiger partial charge >= 0.3 is 0 Å². The average Bonchev–Trinajstić information content (AvgIpc) is 3.24. The van der Waals surface area contributed by atoms with Gasteiger partial charge in [-0.2, -0.15) is 0 Å². The Morgan fingerprint density at radius 3 is 2.39 bits per heavy atom. The van der Waals surface area contributed by atoms with Crippen LogP contribution in [0.4, 0.5) is 5.69 Å². The monoisotopic (exact) mass is 510 g/mol. The number of nitrogens with zero attached hydrogens (tertiary/aromatic N) is 2. The molecule has 0 spiro atoms. The van der Waals surface area contributed by atoms with Crippen LogP contribution >= 0.6 is 0 Å². The lowest BCUT2D eigenvalue weighted by atomic mass is 10.0. The van der Waals surface area contributed by atoms with Gasteiger partial charge in [-0.15, -0.1) is 0 Å². The summed E-state index contributed by atoms with van der Waals surface area (Å²) in [6.07, 6.45) is 5.35. The quantitative estimate of drug-likeness (QED) is 0.379. The van der Waals surface area contributed by atoms with Crippen LogP contribution in [0.15, 0.2) is 78.9 Å². The number of hydrogen-bond acceptors (Lipinski definition) is 4. The third-order valence-corrected chi connectivity index (χ3v) is 7.78. The van der Waals surface area contributed by atoms with Crippen LogP contribution in [0, 0.1) is 0 Å². The first-order valence-electron chi connectivity index (χ1n) is 13.9. The Bertz CT molecular complexity index is 1220. The van der Waals surface area contributed by atoms with Crippen LogP contribution in [-0.2, 0) is 6.42 Å². The molecule has 5 rings (SSSR count). The molecule has 2 aliphatic rings. The molecule has 2 aliphatic heterocycles. The number of carbonyl (C=O) groups excluding carboxylic acids is 2. The molecule has 0 bridgehead atoms. The third-order valence-electron chi connectivity index (χ3n) is 7.78. The van der Waals surface area contributed by atoms with Crippen molar-refractivity contribution in [3.63, 3.8) is 0 Å². The number of anilines is 1. The van der Waals surface area contributed by atoms with E-state index < -0.39 is 0 Å². The minimum Gasteiger partial charge on any atom is -0.361 e. The molecule has 198 valence electrons.